The highest BCUT2D eigenvalue weighted by Gasteiger charge is 2.21. The maximum atomic E-state index is 14.4. The number of anilines is 2. The molecule has 1 aromatic heterocycles. The summed E-state index contributed by atoms with van der Waals surface area (Å²) in [4.78, 5) is 9.17. The molecule has 0 bridgehead atoms. The first-order valence-corrected chi connectivity index (χ1v) is 11.4. The van der Waals surface area contributed by atoms with Crippen LogP contribution in [0.5, 0.6) is 11.6 Å². The molecule has 0 spiro atoms. The number of aryl methyl sites for hydroxylation is 3. The lowest BCUT2D eigenvalue weighted by molar-refractivity contribution is 0.449. The van der Waals surface area contributed by atoms with Gasteiger partial charge in [-0.3, -0.25) is 0 Å². The van der Waals surface area contributed by atoms with E-state index in [2.05, 4.69) is 15.3 Å². The Hall–Kier alpha value is -3.88. The molecular weight excluding hydrogens is 437 g/mol. The average Bonchev–Trinajstić information content (AvgIpc) is 2.81. The fourth-order valence-electron chi connectivity index (χ4n) is 3.62. The molecule has 0 saturated heterocycles. The van der Waals surface area contributed by atoms with Gasteiger partial charge < -0.3 is 10.1 Å². The molecule has 0 amide bonds. The summed E-state index contributed by atoms with van der Waals surface area (Å²) in [6.45, 7) is 3.89. The van der Waals surface area contributed by atoms with Crippen molar-refractivity contribution in [2.45, 2.75) is 26.0 Å². The van der Waals surface area contributed by atoms with E-state index in [1.807, 2.05) is 38.1 Å². The second-order valence-corrected chi connectivity index (χ2v) is 8.67. The van der Waals surface area contributed by atoms with Crippen LogP contribution in [0.2, 0.25) is 0 Å². The zero-order chi connectivity index (χ0) is 23.4. The van der Waals surface area contributed by atoms with Crippen LogP contribution in [0.3, 0.4) is 0 Å². The minimum absolute atomic E-state index is 0.186. The van der Waals surface area contributed by atoms with Gasteiger partial charge in [0.05, 0.1) is 29.1 Å². The summed E-state index contributed by atoms with van der Waals surface area (Å²) >= 11 is 1.79. The Morgan fingerprint density at radius 1 is 1.15 bits per heavy atom. The molecule has 4 rings (SSSR count). The van der Waals surface area contributed by atoms with E-state index in [-0.39, 0.29) is 17.2 Å². The molecule has 1 N–H and O–H groups in total. The van der Waals surface area contributed by atoms with Gasteiger partial charge in [0.1, 0.15) is 11.6 Å². The molecular formula is C25H20FN5OS. The lowest BCUT2D eigenvalue weighted by Gasteiger charge is -2.20. The maximum absolute atomic E-state index is 14.4. The van der Waals surface area contributed by atoms with Gasteiger partial charge in [0, 0.05) is 17.4 Å². The Morgan fingerprint density at radius 3 is 2.64 bits per heavy atom. The van der Waals surface area contributed by atoms with Gasteiger partial charge in [-0.05, 0) is 79.1 Å². The Kier molecular flexibility index (Phi) is 6.58. The molecule has 0 aliphatic carbocycles. The fraction of sp³-hybridized carbons (Fsp3) is 0.200. The molecule has 1 aliphatic rings. The number of benzene rings is 2. The van der Waals surface area contributed by atoms with Gasteiger partial charge in [0.2, 0.25) is 11.8 Å². The molecule has 0 unspecified atom stereocenters. The molecule has 2 heterocycles. The summed E-state index contributed by atoms with van der Waals surface area (Å²) in [5, 5.41) is 20.7. The quantitative estimate of drug-likeness (QED) is 0.472. The lowest BCUT2D eigenvalue weighted by Crippen LogP contribution is -2.12. The van der Waals surface area contributed by atoms with Crippen molar-refractivity contribution in [1.29, 1.82) is 10.5 Å². The number of hydrogen-bond donors (Lipinski definition) is 1. The number of ether oxygens (including phenoxy) is 1. The average molecular weight is 458 g/mol. The summed E-state index contributed by atoms with van der Waals surface area (Å²) in [7, 11) is 0. The molecule has 0 saturated carbocycles. The van der Waals surface area contributed by atoms with Crippen LogP contribution >= 0.6 is 11.8 Å². The van der Waals surface area contributed by atoms with E-state index in [4.69, 9.17) is 15.3 Å². The van der Waals surface area contributed by atoms with E-state index in [0.717, 1.165) is 45.9 Å². The highest BCUT2D eigenvalue weighted by molar-refractivity contribution is 7.98. The van der Waals surface area contributed by atoms with Crippen molar-refractivity contribution in [3.8, 4) is 23.8 Å². The predicted molar refractivity (Wildman–Crippen MR) is 127 cm³/mol. The Bertz CT molecular complexity index is 1320. The van der Waals surface area contributed by atoms with Crippen LogP contribution in [0.1, 0.15) is 33.5 Å². The van der Waals surface area contributed by atoms with Crippen LogP contribution in [-0.4, -0.2) is 15.7 Å². The van der Waals surface area contributed by atoms with Gasteiger partial charge in [-0.2, -0.15) is 27.3 Å². The van der Waals surface area contributed by atoms with Gasteiger partial charge in [0.25, 0.3) is 0 Å². The number of fused-ring (bicyclic) bond motifs is 1. The monoisotopic (exact) mass is 457 g/mol. The van der Waals surface area contributed by atoms with Gasteiger partial charge in [-0.25, -0.2) is 9.37 Å². The van der Waals surface area contributed by atoms with Crippen molar-refractivity contribution in [3.63, 3.8) is 0 Å². The van der Waals surface area contributed by atoms with Gasteiger partial charge in [0.15, 0.2) is 0 Å². The second kappa shape index (κ2) is 9.72. The number of allylic oxidation sites excluding steroid dienone is 1. The van der Waals surface area contributed by atoms with E-state index in [1.165, 1.54) is 24.3 Å². The standard InChI is InChI=1S/C25H20FN5OS/c1-15-10-17(4-3-8-27)11-16(2)23(15)32-24-19-14-33-9-7-21(19)29-25(31-24)30-22-6-5-18(13-28)12-20(22)26/h3-6,10-12H,7,9,14H2,1-2H3,(H,29,30,31)/b4-3+. The fourth-order valence-corrected chi connectivity index (χ4v) is 4.60. The number of thioether (sulfide) groups is 1. The Morgan fingerprint density at radius 2 is 1.94 bits per heavy atom. The summed E-state index contributed by atoms with van der Waals surface area (Å²) in [5.74, 6) is 2.49. The topological polar surface area (TPSA) is 94.6 Å². The molecule has 2 aromatic carbocycles. The molecule has 6 nitrogen and oxygen atoms in total. The summed E-state index contributed by atoms with van der Waals surface area (Å²) in [6, 6.07) is 12.0. The van der Waals surface area contributed by atoms with Gasteiger partial charge in [-0.15, -0.1) is 0 Å². The van der Waals surface area contributed by atoms with Crippen LogP contribution in [0.15, 0.2) is 36.4 Å². The predicted octanol–water partition coefficient (Wildman–Crippen LogP) is 5.97. The Balaban J connectivity index is 1.71. The number of hydrogen-bond acceptors (Lipinski definition) is 7. The third kappa shape index (κ3) is 4.97. The first kappa shape index (κ1) is 22.3. The number of aromatic nitrogens is 2. The zero-order valence-corrected chi connectivity index (χ0v) is 19.0. The zero-order valence-electron chi connectivity index (χ0n) is 18.1. The molecule has 3 aromatic rings. The second-order valence-electron chi connectivity index (χ2n) is 7.56. The molecule has 0 radical (unpaired) electrons. The lowest BCUT2D eigenvalue weighted by atomic mass is 10.1. The third-order valence-corrected chi connectivity index (χ3v) is 6.15. The largest absolute Gasteiger partial charge is 0.438 e. The highest BCUT2D eigenvalue weighted by Crippen LogP contribution is 2.36. The highest BCUT2D eigenvalue weighted by atomic mass is 32.2. The Labute approximate surface area is 195 Å². The number of nitrogens with zero attached hydrogens (tertiary/aromatic N) is 4. The SMILES string of the molecule is Cc1cc(/C=C/C#N)cc(C)c1Oc1nc(Nc2ccc(C#N)cc2F)nc2c1CSCC2. The minimum Gasteiger partial charge on any atom is -0.438 e. The van der Waals surface area contributed by atoms with Crippen molar-refractivity contribution in [2.75, 3.05) is 11.1 Å². The van der Waals surface area contributed by atoms with Gasteiger partial charge >= 0.3 is 0 Å². The van der Waals surface area contributed by atoms with Crippen molar-refractivity contribution in [2.24, 2.45) is 0 Å². The van der Waals surface area contributed by atoms with Crippen molar-refractivity contribution < 1.29 is 9.13 Å². The van der Waals surface area contributed by atoms with Crippen LogP contribution in [0, 0.1) is 42.3 Å². The van der Waals surface area contributed by atoms with Crippen LogP contribution in [-0.2, 0) is 12.2 Å². The maximum Gasteiger partial charge on any atom is 0.230 e. The van der Waals surface area contributed by atoms with E-state index in [1.54, 1.807) is 17.8 Å². The minimum atomic E-state index is -0.555. The molecule has 164 valence electrons. The van der Waals surface area contributed by atoms with Crippen LogP contribution < -0.4 is 10.1 Å². The summed E-state index contributed by atoms with van der Waals surface area (Å²) in [6.07, 6.45) is 3.95. The van der Waals surface area contributed by atoms with Crippen molar-refractivity contribution >= 4 is 29.5 Å². The van der Waals surface area contributed by atoms with E-state index in [0.29, 0.717) is 11.6 Å². The third-order valence-electron chi connectivity index (χ3n) is 5.16. The molecule has 0 atom stereocenters. The normalized spacial score (nSPS) is 12.6. The molecule has 33 heavy (non-hydrogen) atoms. The summed E-state index contributed by atoms with van der Waals surface area (Å²) in [5.41, 5.74) is 4.98. The van der Waals surface area contributed by atoms with E-state index < -0.39 is 5.82 Å². The first-order valence-electron chi connectivity index (χ1n) is 10.3. The molecule has 0 fully saturated rings. The molecule has 1 aliphatic heterocycles. The van der Waals surface area contributed by atoms with Gasteiger partial charge in [-0.1, -0.05) is 0 Å². The van der Waals surface area contributed by atoms with E-state index >= 15 is 0 Å². The first-order chi connectivity index (χ1) is 16.0. The van der Waals surface area contributed by atoms with E-state index in [9.17, 15) is 4.39 Å². The number of nitriles is 2. The smallest absolute Gasteiger partial charge is 0.230 e. The van der Waals surface area contributed by atoms with Crippen LogP contribution in [0.25, 0.3) is 6.08 Å². The summed E-state index contributed by atoms with van der Waals surface area (Å²) < 4.78 is 20.7. The van der Waals surface area contributed by atoms with Crippen molar-refractivity contribution in [1.82, 2.24) is 9.97 Å². The van der Waals surface area contributed by atoms with Crippen LogP contribution in [0.4, 0.5) is 16.0 Å². The number of halogens is 1. The number of rotatable bonds is 5. The van der Waals surface area contributed by atoms with Crippen molar-refractivity contribution in [3.05, 3.63) is 75.7 Å². The number of nitrogens with one attached hydrogen (secondary N) is 1. The molecule has 8 heteroatoms.